The lowest BCUT2D eigenvalue weighted by atomic mass is 9.97. The fourth-order valence-corrected chi connectivity index (χ4v) is 6.26. The van der Waals surface area contributed by atoms with Crippen molar-refractivity contribution in [2.24, 2.45) is 0 Å². The minimum atomic E-state index is -4.09. The monoisotopic (exact) mass is 456 g/mol. The molecule has 0 saturated heterocycles. The van der Waals surface area contributed by atoms with Gasteiger partial charge in [-0.3, -0.25) is 9.29 Å². The van der Waals surface area contributed by atoms with E-state index in [9.17, 15) is 21.9 Å². The van der Waals surface area contributed by atoms with Gasteiger partial charge in [-0.05, 0) is 32.4 Å². The molecule has 0 amide bonds. The van der Waals surface area contributed by atoms with Gasteiger partial charge in [-0.1, -0.05) is 29.8 Å². The van der Waals surface area contributed by atoms with E-state index in [0.29, 0.717) is 11.1 Å². The summed E-state index contributed by atoms with van der Waals surface area (Å²) in [6.07, 6.45) is 2.48. The first-order valence-corrected chi connectivity index (χ1v) is 12.3. The summed E-state index contributed by atoms with van der Waals surface area (Å²) >= 11 is 6.52. The second-order valence-electron chi connectivity index (χ2n) is 7.41. The number of aliphatic hydroxyl groups is 1. The molecule has 0 unspecified atom stereocenters. The summed E-state index contributed by atoms with van der Waals surface area (Å²) in [5, 5.41) is 10.8. The molecule has 10 heteroatoms. The molecule has 0 saturated carbocycles. The molecule has 3 rings (SSSR count). The predicted molar refractivity (Wildman–Crippen MR) is 115 cm³/mol. The quantitative estimate of drug-likeness (QED) is 0.757. The average molecular weight is 457 g/mol. The zero-order valence-corrected chi connectivity index (χ0v) is 18.9. The van der Waals surface area contributed by atoms with Crippen LogP contribution in [-0.2, 0) is 24.6 Å². The molecule has 156 valence electrons. The second kappa shape index (κ2) is 6.72. The number of anilines is 1. The predicted octanol–water partition coefficient (Wildman–Crippen LogP) is 3.49. The average Bonchev–Trinajstić information content (AvgIpc) is 2.61. The third-order valence-corrected chi connectivity index (χ3v) is 9.29. The molecule has 0 radical (unpaired) electrons. The number of sulfonamides is 1. The van der Waals surface area contributed by atoms with E-state index in [2.05, 4.69) is 4.98 Å². The van der Waals surface area contributed by atoms with Crippen LogP contribution in [0.3, 0.4) is 0 Å². The standard InChI is InChI=1S/C19H21ClN2O5S2/c1-11-8-9-12(14(20)16(11)22(4)28(5,24)25)18-17(23)15-13(7-6-10-21-15)19(2,3)29(18,26)27/h6-10,23H,1-5H3. The van der Waals surface area contributed by atoms with Crippen molar-refractivity contribution in [1.29, 1.82) is 0 Å². The Balaban J connectivity index is 2.43. The summed E-state index contributed by atoms with van der Waals surface area (Å²) in [5.41, 5.74) is 1.23. The van der Waals surface area contributed by atoms with Gasteiger partial charge in [-0.15, -0.1) is 0 Å². The van der Waals surface area contributed by atoms with Crippen molar-refractivity contribution in [3.8, 4) is 0 Å². The number of halogens is 1. The zero-order valence-electron chi connectivity index (χ0n) is 16.6. The molecular formula is C19H21ClN2O5S2. The van der Waals surface area contributed by atoms with Crippen LogP contribution in [0.4, 0.5) is 5.69 Å². The SMILES string of the molecule is Cc1ccc(C2=C(O)c3ncccc3C(C)(C)S2(=O)=O)c(Cl)c1N(C)S(C)(=O)=O. The summed E-state index contributed by atoms with van der Waals surface area (Å²) in [7, 11) is -6.42. The van der Waals surface area contributed by atoms with Crippen molar-refractivity contribution in [3.05, 3.63) is 57.9 Å². The highest BCUT2D eigenvalue weighted by molar-refractivity contribution is 8.01. The van der Waals surface area contributed by atoms with E-state index in [0.717, 1.165) is 10.6 Å². The van der Waals surface area contributed by atoms with Crippen LogP contribution in [0.15, 0.2) is 30.5 Å². The largest absolute Gasteiger partial charge is 0.504 e. The Labute approximate surface area is 175 Å². The van der Waals surface area contributed by atoms with Crippen LogP contribution in [0.5, 0.6) is 0 Å². The number of aliphatic hydroxyl groups excluding tert-OH is 1. The van der Waals surface area contributed by atoms with Gasteiger partial charge < -0.3 is 5.11 Å². The second-order valence-corrected chi connectivity index (χ2v) is 12.2. The molecule has 2 heterocycles. The molecule has 0 aliphatic carbocycles. The Morgan fingerprint density at radius 1 is 1.21 bits per heavy atom. The van der Waals surface area contributed by atoms with Gasteiger partial charge in [0.25, 0.3) is 0 Å². The molecule has 1 aromatic carbocycles. The summed E-state index contributed by atoms with van der Waals surface area (Å²) in [6.45, 7) is 4.72. The molecule has 0 atom stereocenters. The molecule has 1 aliphatic heterocycles. The van der Waals surface area contributed by atoms with Crippen molar-refractivity contribution in [2.45, 2.75) is 25.5 Å². The van der Waals surface area contributed by atoms with Gasteiger partial charge in [-0.2, -0.15) is 0 Å². The van der Waals surface area contributed by atoms with E-state index in [1.807, 2.05) is 0 Å². The van der Waals surface area contributed by atoms with Crippen LogP contribution in [0, 0.1) is 6.92 Å². The minimum Gasteiger partial charge on any atom is -0.504 e. The molecule has 2 aromatic rings. The lowest BCUT2D eigenvalue weighted by Crippen LogP contribution is -2.35. The van der Waals surface area contributed by atoms with E-state index in [4.69, 9.17) is 11.6 Å². The topological polar surface area (TPSA) is 105 Å². The van der Waals surface area contributed by atoms with Crippen LogP contribution in [0.2, 0.25) is 5.02 Å². The Morgan fingerprint density at radius 2 is 1.83 bits per heavy atom. The maximum Gasteiger partial charge on any atom is 0.232 e. The fourth-order valence-electron chi connectivity index (χ4n) is 3.38. The number of aryl methyl sites for hydroxylation is 1. The molecule has 0 fully saturated rings. The number of sulfone groups is 1. The van der Waals surface area contributed by atoms with E-state index < -0.39 is 30.4 Å². The zero-order chi connectivity index (χ0) is 21.9. The van der Waals surface area contributed by atoms with Crippen LogP contribution in [0.25, 0.3) is 10.7 Å². The normalized spacial score (nSPS) is 17.7. The summed E-state index contributed by atoms with van der Waals surface area (Å²) in [4.78, 5) is 3.79. The third kappa shape index (κ3) is 3.12. The fraction of sp³-hybridized carbons (Fsp3) is 0.316. The van der Waals surface area contributed by atoms with Crippen LogP contribution in [0.1, 0.15) is 36.2 Å². The van der Waals surface area contributed by atoms with Crippen LogP contribution >= 0.6 is 11.6 Å². The minimum absolute atomic E-state index is 0.0182. The van der Waals surface area contributed by atoms with E-state index in [-0.39, 0.29) is 26.9 Å². The summed E-state index contributed by atoms with van der Waals surface area (Å²) in [5.74, 6) is -0.515. The van der Waals surface area contributed by atoms with E-state index in [1.54, 1.807) is 25.1 Å². The van der Waals surface area contributed by atoms with Crippen molar-refractivity contribution in [1.82, 2.24) is 4.98 Å². The number of pyridine rings is 1. The van der Waals surface area contributed by atoms with Crippen molar-refractivity contribution >= 4 is 47.8 Å². The van der Waals surface area contributed by atoms with Gasteiger partial charge in [0, 0.05) is 24.4 Å². The molecular weight excluding hydrogens is 436 g/mol. The first-order chi connectivity index (χ1) is 13.2. The number of aromatic nitrogens is 1. The maximum atomic E-state index is 13.5. The van der Waals surface area contributed by atoms with Gasteiger partial charge in [0.2, 0.25) is 10.0 Å². The number of rotatable bonds is 3. The van der Waals surface area contributed by atoms with Crippen molar-refractivity contribution in [3.63, 3.8) is 0 Å². The van der Waals surface area contributed by atoms with Gasteiger partial charge in [-0.25, -0.2) is 16.8 Å². The number of fused-ring (bicyclic) bond motifs is 1. The van der Waals surface area contributed by atoms with E-state index in [1.165, 1.54) is 33.2 Å². The van der Waals surface area contributed by atoms with Crippen LogP contribution < -0.4 is 4.31 Å². The molecule has 1 N–H and O–H groups in total. The number of hydrogen-bond donors (Lipinski definition) is 1. The Bertz CT molecular complexity index is 1270. The smallest absolute Gasteiger partial charge is 0.232 e. The van der Waals surface area contributed by atoms with Gasteiger partial charge in [0.05, 0.1) is 21.7 Å². The van der Waals surface area contributed by atoms with Crippen molar-refractivity contribution < 1.29 is 21.9 Å². The van der Waals surface area contributed by atoms with Gasteiger partial charge >= 0.3 is 0 Å². The Morgan fingerprint density at radius 3 is 2.41 bits per heavy atom. The van der Waals surface area contributed by atoms with E-state index >= 15 is 0 Å². The summed E-state index contributed by atoms with van der Waals surface area (Å²) < 4.78 is 50.7. The van der Waals surface area contributed by atoms with Gasteiger partial charge in [0.1, 0.15) is 10.6 Å². The third-order valence-electron chi connectivity index (χ3n) is 5.21. The Kier molecular flexibility index (Phi) is 5.00. The number of hydrogen-bond acceptors (Lipinski definition) is 6. The highest BCUT2D eigenvalue weighted by Crippen LogP contribution is 2.50. The molecule has 0 bridgehead atoms. The van der Waals surface area contributed by atoms with Crippen molar-refractivity contribution in [2.75, 3.05) is 17.6 Å². The maximum absolute atomic E-state index is 13.5. The molecule has 0 spiro atoms. The highest BCUT2D eigenvalue weighted by atomic mass is 35.5. The highest BCUT2D eigenvalue weighted by Gasteiger charge is 2.48. The molecule has 7 nitrogen and oxygen atoms in total. The Hall–Kier alpha value is -2.10. The first kappa shape index (κ1) is 21.6. The molecule has 1 aromatic heterocycles. The summed E-state index contributed by atoms with van der Waals surface area (Å²) in [6, 6.07) is 6.23. The lowest BCUT2D eigenvalue weighted by Gasteiger charge is -2.33. The molecule has 29 heavy (non-hydrogen) atoms. The van der Waals surface area contributed by atoms with Crippen LogP contribution in [-0.4, -0.2) is 40.2 Å². The number of benzene rings is 1. The lowest BCUT2D eigenvalue weighted by molar-refractivity contribution is 0.501. The molecule has 1 aliphatic rings. The first-order valence-electron chi connectivity index (χ1n) is 8.60. The van der Waals surface area contributed by atoms with Gasteiger partial charge in [0.15, 0.2) is 15.6 Å². The number of nitrogens with zero attached hydrogens (tertiary/aromatic N) is 2.